The Labute approximate surface area is 156 Å². The smallest absolute Gasteiger partial charge is 0.253 e. The lowest BCUT2D eigenvalue weighted by atomic mass is 10.1. The monoisotopic (exact) mass is 398 g/mol. The Hall–Kier alpha value is -1.41. The minimum Gasteiger partial charge on any atom is -0.336 e. The number of hydrogen-bond acceptors (Lipinski definition) is 4. The number of piperazine rings is 1. The zero-order valence-corrected chi connectivity index (χ0v) is 16.4. The molecule has 0 radical (unpaired) electrons. The molecule has 0 N–H and O–H groups in total. The fraction of sp³-hybridized carbons (Fsp3) is 0.353. The Kier molecular flexibility index (Phi) is 5.20. The minimum absolute atomic E-state index is 0.0562. The summed E-state index contributed by atoms with van der Waals surface area (Å²) in [6.45, 7) is 5.31. The molecule has 3 rings (SSSR count). The highest BCUT2D eigenvalue weighted by Gasteiger charge is 2.31. The van der Waals surface area contributed by atoms with E-state index in [9.17, 15) is 13.2 Å². The molecule has 2 heterocycles. The van der Waals surface area contributed by atoms with Gasteiger partial charge in [-0.25, -0.2) is 8.42 Å². The summed E-state index contributed by atoms with van der Waals surface area (Å²) >= 11 is 6.89. The van der Waals surface area contributed by atoms with E-state index >= 15 is 0 Å². The van der Waals surface area contributed by atoms with Crippen molar-refractivity contribution in [3.63, 3.8) is 0 Å². The van der Waals surface area contributed by atoms with Gasteiger partial charge in [0.2, 0.25) is 0 Å². The van der Waals surface area contributed by atoms with E-state index in [2.05, 4.69) is 0 Å². The molecule has 1 aromatic heterocycles. The van der Waals surface area contributed by atoms with Gasteiger partial charge in [0.25, 0.3) is 15.9 Å². The first-order valence-electron chi connectivity index (χ1n) is 7.91. The first-order chi connectivity index (χ1) is 11.8. The van der Waals surface area contributed by atoms with Gasteiger partial charge in [-0.05, 0) is 49.2 Å². The molecule has 1 aliphatic rings. The van der Waals surface area contributed by atoms with Crippen LogP contribution in [0.25, 0.3) is 0 Å². The predicted octanol–water partition coefficient (Wildman–Crippen LogP) is 3.17. The summed E-state index contributed by atoms with van der Waals surface area (Å²) in [5, 5.41) is 0. The molecule has 1 fully saturated rings. The molecule has 134 valence electrons. The van der Waals surface area contributed by atoms with E-state index < -0.39 is 10.0 Å². The maximum Gasteiger partial charge on any atom is 0.253 e. The Bertz CT molecular complexity index is 900. The van der Waals surface area contributed by atoms with Gasteiger partial charge in [-0.1, -0.05) is 17.7 Å². The molecule has 0 atom stereocenters. The van der Waals surface area contributed by atoms with Crippen LogP contribution in [0.2, 0.25) is 4.34 Å². The number of rotatable bonds is 3. The molecule has 1 amide bonds. The van der Waals surface area contributed by atoms with Crippen LogP contribution in [0, 0.1) is 13.8 Å². The molecule has 0 spiro atoms. The first kappa shape index (κ1) is 18.4. The number of sulfonamides is 1. The van der Waals surface area contributed by atoms with Crippen LogP contribution in [0.4, 0.5) is 0 Å². The molecule has 8 heteroatoms. The molecule has 25 heavy (non-hydrogen) atoms. The average Bonchev–Trinajstić information content (AvgIpc) is 3.04. The molecule has 0 bridgehead atoms. The number of benzene rings is 1. The lowest BCUT2D eigenvalue weighted by Gasteiger charge is -2.33. The van der Waals surface area contributed by atoms with Crippen LogP contribution in [-0.4, -0.2) is 49.7 Å². The minimum atomic E-state index is -3.54. The van der Waals surface area contributed by atoms with Crippen LogP contribution in [0.3, 0.4) is 0 Å². The first-order valence-corrected chi connectivity index (χ1v) is 10.5. The molecule has 1 aliphatic heterocycles. The molecule has 2 aromatic rings. The van der Waals surface area contributed by atoms with Crippen LogP contribution < -0.4 is 0 Å². The molecule has 1 saturated heterocycles. The summed E-state index contributed by atoms with van der Waals surface area (Å²) in [7, 11) is -3.54. The number of carbonyl (C=O) groups is 1. The summed E-state index contributed by atoms with van der Waals surface area (Å²) in [5.41, 5.74) is 2.85. The van der Waals surface area contributed by atoms with E-state index in [0.29, 0.717) is 23.0 Å². The summed E-state index contributed by atoms with van der Waals surface area (Å²) in [6.07, 6.45) is 0. The van der Waals surface area contributed by atoms with E-state index in [4.69, 9.17) is 11.6 Å². The van der Waals surface area contributed by atoms with Gasteiger partial charge in [0.15, 0.2) is 0 Å². The van der Waals surface area contributed by atoms with Crippen molar-refractivity contribution in [1.29, 1.82) is 0 Å². The van der Waals surface area contributed by atoms with Gasteiger partial charge < -0.3 is 4.90 Å². The zero-order valence-electron chi connectivity index (χ0n) is 14.0. The Morgan fingerprint density at radius 2 is 1.72 bits per heavy atom. The third kappa shape index (κ3) is 3.74. The van der Waals surface area contributed by atoms with Gasteiger partial charge in [-0.15, -0.1) is 11.3 Å². The maximum absolute atomic E-state index is 12.6. The molecule has 5 nitrogen and oxygen atoms in total. The summed E-state index contributed by atoms with van der Waals surface area (Å²) in [6, 6.07) is 8.74. The second-order valence-electron chi connectivity index (χ2n) is 6.05. The van der Waals surface area contributed by atoms with Crippen molar-refractivity contribution in [3.8, 4) is 0 Å². The highest BCUT2D eigenvalue weighted by atomic mass is 35.5. The number of aryl methyl sites for hydroxylation is 2. The molecule has 0 aliphatic carbocycles. The number of nitrogens with zero attached hydrogens (tertiary/aromatic N) is 2. The van der Waals surface area contributed by atoms with Crippen molar-refractivity contribution >= 4 is 38.9 Å². The molecular weight excluding hydrogens is 380 g/mol. The summed E-state index contributed by atoms with van der Waals surface area (Å²) < 4.78 is 27.3. The zero-order chi connectivity index (χ0) is 18.2. The third-order valence-corrected chi connectivity index (χ3v) is 8.02. The maximum atomic E-state index is 12.6. The Balaban J connectivity index is 1.69. The van der Waals surface area contributed by atoms with Gasteiger partial charge >= 0.3 is 0 Å². The number of thiophene rings is 1. The summed E-state index contributed by atoms with van der Waals surface area (Å²) in [5.74, 6) is -0.0562. The number of carbonyl (C=O) groups excluding carboxylic acids is 1. The fourth-order valence-electron chi connectivity index (χ4n) is 2.75. The lowest BCUT2D eigenvalue weighted by Crippen LogP contribution is -2.50. The molecular formula is C17H19ClN2O3S2. The van der Waals surface area contributed by atoms with Crippen LogP contribution >= 0.6 is 22.9 Å². The second kappa shape index (κ2) is 7.07. The van der Waals surface area contributed by atoms with Gasteiger partial charge in [0.1, 0.15) is 4.21 Å². The topological polar surface area (TPSA) is 57.7 Å². The van der Waals surface area contributed by atoms with Crippen molar-refractivity contribution in [2.24, 2.45) is 0 Å². The fourth-order valence-corrected chi connectivity index (χ4v) is 5.81. The van der Waals surface area contributed by atoms with Crippen molar-refractivity contribution in [3.05, 3.63) is 51.4 Å². The third-order valence-electron chi connectivity index (χ3n) is 4.42. The number of amides is 1. The molecule has 0 saturated carbocycles. The second-order valence-corrected chi connectivity index (χ2v) is 9.93. The van der Waals surface area contributed by atoms with E-state index in [-0.39, 0.29) is 23.2 Å². The van der Waals surface area contributed by atoms with Crippen molar-refractivity contribution < 1.29 is 13.2 Å². The van der Waals surface area contributed by atoms with Crippen LogP contribution in [0.5, 0.6) is 0 Å². The summed E-state index contributed by atoms with van der Waals surface area (Å²) in [4.78, 5) is 14.3. The van der Waals surface area contributed by atoms with Crippen molar-refractivity contribution in [2.45, 2.75) is 18.1 Å². The number of hydrogen-bond donors (Lipinski definition) is 0. The lowest BCUT2D eigenvalue weighted by molar-refractivity contribution is 0.0698. The van der Waals surface area contributed by atoms with Gasteiger partial charge in [0.05, 0.1) is 4.34 Å². The quantitative estimate of drug-likeness (QED) is 0.797. The van der Waals surface area contributed by atoms with Crippen LogP contribution in [-0.2, 0) is 10.0 Å². The number of halogens is 1. The normalized spacial score (nSPS) is 16.2. The Morgan fingerprint density at radius 1 is 1.04 bits per heavy atom. The van der Waals surface area contributed by atoms with Crippen molar-refractivity contribution in [2.75, 3.05) is 26.2 Å². The highest BCUT2D eigenvalue weighted by Crippen LogP contribution is 2.28. The van der Waals surface area contributed by atoms with Crippen LogP contribution in [0.15, 0.2) is 34.5 Å². The van der Waals surface area contributed by atoms with Gasteiger partial charge in [-0.3, -0.25) is 4.79 Å². The SMILES string of the molecule is Cc1ccc(C(=O)N2CCN(S(=O)(=O)c3ccc(Cl)s3)CC2)cc1C. The average molecular weight is 399 g/mol. The van der Waals surface area contributed by atoms with E-state index in [1.807, 2.05) is 32.0 Å². The predicted molar refractivity (Wildman–Crippen MR) is 99.9 cm³/mol. The van der Waals surface area contributed by atoms with Gasteiger partial charge in [-0.2, -0.15) is 4.31 Å². The van der Waals surface area contributed by atoms with E-state index in [1.54, 1.807) is 11.0 Å². The standard InChI is InChI=1S/C17H19ClN2O3S2/c1-12-3-4-14(11-13(12)2)17(21)19-7-9-20(10-8-19)25(22,23)16-6-5-15(18)24-16/h3-6,11H,7-10H2,1-2H3. The van der Waals surface area contributed by atoms with Crippen molar-refractivity contribution in [1.82, 2.24) is 9.21 Å². The van der Waals surface area contributed by atoms with E-state index in [1.165, 1.54) is 10.4 Å². The van der Waals surface area contributed by atoms with E-state index in [0.717, 1.165) is 22.5 Å². The highest BCUT2D eigenvalue weighted by molar-refractivity contribution is 7.91. The molecule has 1 aromatic carbocycles. The Morgan fingerprint density at radius 3 is 2.28 bits per heavy atom. The van der Waals surface area contributed by atoms with Gasteiger partial charge in [0, 0.05) is 31.7 Å². The largest absolute Gasteiger partial charge is 0.336 e. The van der Waals surface area contributed by atoms with Crippen LogP contribution in [0.1, 0.15) is 21.5 Å². The molecule has 0 unspecified atom stereocenters.